The maximum Gasteiger partial charge on any atom is 0.504 e. The maximum absolute atomic E-state index is 12.4. The molecule has 1 amide bonds. The molecule has 0 saturated carbocycles. The van der Waals surface area contributed by atoms with Gasteiger partial charge in [0.25, 0.3) is 5.91 Å². The highest BCUT2D eigenvalue weighted by atomic mass is 19.4. The van der Waals surface area contributed by atoms with E-state index in [0.29, 0.717) is 18.5 Å². The second-order valence-electron chi connectivity index (χ2n) is 4.02. The third-order valence-electron chi connectivity index (χ3n) is 2.41. The van der Waals surface area contributed by atoms with Crippen molar-refractivity contribution < 1.29 is 31.1 Å². The third-order valence-corrected chi connectivity index (χ3v) is 2.41. The Morgan fingerprint density at radius 2 is 1.86 bits per heavy atom. The standard InChI is InChI=1S/C11H6F6N4O/c12-10(13,14)8-3-7(1-2-18-8)20-9(22)6-4-19-21(5-6)11(15,16)17/h1-5H,(H,18,20,22). The second-order valence-corrected chi connectivity index (χ2v) is 4.02. The van der Waals surface area contributed by atoms with Crippen LogP contribution in [0.25, 0.3) is 0 Å². The summed E-state index contributed by atoms with van der Waals surface area (Å²) >= 11 is 0. The maximum atomic E-state index is 12.4. The number of aromatic nitrogens is 3. The average molecular weight is 324 g/mol. The Bertz CT molecular complexity index is 690. The van der Waals surface area contributed by atoms with Gasteiger partial charge in [-0.2, -0.15) is 23.0 Å². The smallest absolute Gasteiger partial charge is 0.322 e. The largest absolute Gasteiger partial charge is 0.504 e. The van der Waals surface area contributed by atoms with E-state index >= 15 is 0 Å². The molecule has 11 heteroatoms. The molecule has 2 aromatic rings. The van der Waals surface area contributed by atoms with Crippen molar-refractivity contribution in [1.29, 1.82) is 0 Å². The van der Waals surface area contributed by atoms with Crippen LogP contribution in [0.4, 0.5) is 32.0 Å². The zero-order valence-corrected chi connectivity index (χ0v) is 10.4. The van der Waals surface area contributed by atoms with Gasteiger partial charge in [-0.1, -0.05) is 0 Å². The van der Waals surface area contributed by atoms with E-state index in [1.54, 1.807) is 0 Å². The molecule has 0 saturated heterocycles. The van der Waals surface area contributed by atoms with Gasteiger partial charge in [0.15, 0.2) is 0 Å². The molecule has 22 heavy (non-hydrogen) atoms. The highest BCUT2D eigenvalue weighted by Crippen LogP contribution is 2.29. The minimum Gasteiger partial charge on any atom is -0.322 e. The number of pyridine rings is 1. The molecule has 5 nitrogen and oxygen atoms in total. The lowest BCUT2D eigenvalue weighted by atomic mass is 10.3. The van der Waals surface area contributed by atoms with Crippen LogP contribution in [0.15, 0.2) is 30.7 Å². The van der Waals surface area contributed by atoms with Gasteiger partial charge in [0.1, 0.15) is 5.69 Å². The van der Waals surface area contributed by atoms with E-state index in [-0.39, 0.29) is 5.69 Å². The number of rotatable bonds is 2. The summed E-state index contributed by atoms with van der Waals surface area (Å²) in [4.78, 5) is 14.8. The number of halogens is 6. The molecule has 1 N–H and O–H groups in total. The van der Waals surface area contributed by atoms with Crippen LogP contribution in [-0.4, -0.2) is 20.7 Å². The molecule has 2 aromatic heterocycles. The van der Waals surface area contributed by atoms with Gasteiger partial charge < -0.3 is 5.32 Å². The molecule has 2 heterocycles. The van der Waals surface area contributed by atoms with E-state index in [1.807, 2.05) is 5.32 Å². The van der Waals surface area contributed by atoms with Crippen molar-refractivity contribution in [2.24, 2.45) is 0 Å². The van der Waals surface area contributed by atoms with Crippen LogP contribution in [0.2, 0.25) is 0 Å². The van der Waals surface area contributed by atoms with E-state index in [1.165, 1.54) is 0 Å². The molecule has 118 valence electrons. The van der Waals surface area contributed by atoms with Crippen LogP contribution in [0.1, 0.15) is 16.1 Å². The molecule has 0 atom stereocenters. The van der Waals surface area contributed by atoms with E-state index in [9.17, 15) is 31.1 Å². The van der Waals surface area contributed by atoms with Crippen molar-refractivity contribution in [2.45, 2.75) is 12.5 Å². The molecule has 0 unspecified atom stereocenters. The normalized spacial score (nSPS) is 12.3. The number of hydrogen-bond acceptors (Lipinski definition) is 3. The molecular formula is C11H6F6N4O. The summed E-state index contributed by atoms with van der Waals surface area (Å²) in [5.74, 6) is -1.03. The lowest BCUT2D eigenvalue weighted by Gasteiger charge is -2.08. The Labute approximate surface area is 118 Å². The molecular weight excluding hydrogens is 318 g/mol. The van der Waals surface area contributed by atoms with Gasteiger partial charge in [-0.15, -0.1) is 13.2 Å². The van der Waals surface area contributed by atoms with Gasteiger partial charge in [0.05, 0.1) is 11.8 Å². The summed E-state index contributed by atoms with van der Waals surface area (Å²) in [7, 11) is 0. The summed E-state index contributed by atoms with van der Waals surface area (Å²) in [5, 5.41) is 4.98. The SMILES string of the molecule is O=C(Nc1ccnc(C(F)(F)F)c1)c1cnn(C(F)(F)F)c1. The van der Waals surface area contributed by atoms with E-state index in [2.05, 4.69) is 10.1 Å². The molecule has 0 aromatic carbocycles. The zero-order valence-electron chi connectivity index (χ0n) is 10.4. The quantitative estimate of drug-likeness (QED) is 0.864. The number of carbonyl (C=O) groups is 1. The summed E-state index contributed by atoms with van der Waals surface area (Å²) in [6, 6.07) is 1.63. The molecule has 0 aliphatic heterocycles. The van der Waals surface area contributed by atoms with Crippen molar-refractivity contribution in [3.8, 4) is 0 Å². The van der Waals surface area contributed by atoms with Crippen LogP contribution < -0.4 is 5.32 Å². The van der Waals surface area contributed by atoms with Crippen molar-refractivity contribution in [2.75, 3.05) is 5.32 Å². The lowest BCUT2D eigenvalue weighted by molar-refractivity contribution is -0.212. The molecule has 0 radical (unpaired) electrons. The first-order valence-electron chi connectivity index (χ1n) is 5.54. The average Bonchev–Trinajstić information content (AvgIpc) is 2.87. The first-order chi connectivity index (χ1) is 10.1. The fourth-order valence-electron chi connectivity index (χ4n) is 1.45. The lowest BCUT2D eigenvalue weighted by Crippen LogP contribution is -2.17. The first-order valence-corrected chi connectivity index (χ1v) is 5.54. The Morgan fingerprint density at radius 3 is 2.41 bits per heavy atom. The molecule has 0 bridgehead atoms. The molecule has 2 rings (SSSR count). The number of alkyl halides is 6. The van der Waals surface area contributed by atoms with E-state index in [4.69, 9.17) is 0 Å². The van der Waals surface area contributed by atoms with Gasteiger partial charge in [-0.25, -0.2) is 0 Å². The van der Waals surface area contributed by atoms with Crippen molar-refractivity contribution in [3.63, 3.8) is 0 Å². The van der Waals surface area contributed by atoms with Gasteiger partial charge in [-0.05, 0) is 12.1 Å². The topological polar surface area (TPSA) is 59.8 Å². The Balaban J connectivity index is 2.17. The number of anilines is 1. The second kappa shape index (κ2) is 5.31. The molecule has 0 spiro atoms. The molecule has 0 aliphatic carbocycles. The summed E-state index contributed by atoms with van der Waals surface area (Å²) in [5.41, 5.74) is -1.95. The van der Waals surface area contributed by atoms with Gasteiger partial charge in [-0.3, -0.25) is 9.78 Å². The third kappa shape index (κ3) is 3.54. The fourth-order valence-corrected chi connectivity index (χ4v) is 1.45. The van der Waals surface area contributed by atoms with E-state index in [0.717, 1.165) is 12.3 Å². The minimum absolute atomic E-state index is 0.257. The summed E-state index contributed by atoms with van der Waals surface area (Å²) in [6.07, 6.45) is -7.62. The van der Waals surface area contributed by atoms with Crippen molar-refractivity contribution >= 4 is 11.6 Å². The van der Waals surface area contributed by atoms with Gasteiger partial charge in [0.2, 0.25) is 0 Å². The number of hydrogen-bond donors (Lipinski definition) is 1. The van der Waals surface area contributed by atoms with Gasteiger partial charge >= 0.3 is 12.5 Å². The Hall–Kier alpha value is -2.59. The van der Waals surface area contributed by atoms with Crippen LogP contribution in [-0.2, 0) is 12.5 Å². The van der Waals surface area contributed by atoms with Crippen LogP contribution in [0.5, 0.6) is 0 Å². The van der Waals surface area contributed by atoms with E-state index < -0.39 is 34.3 Å². The fraction of sp³-hybridized carbons (Fsp3) is 0.182. The first kappa shape index (κ1) is 15.8. The molecule has 0 aliphatic rings. The van der Waals surface area contributed by atoms with Gasteiger partial charge in [0, 0.05) is 18.1 Å². The number of nitrogens with zero attached hydrogens (tertiary/aromatic N) is 3. The van der Waals surface area contributed by atoms with Crippen molar-refractivity contribution in [3.05, 3.63) is 42.0 Å². The number of carbonyl (C=O) groups excluding carboxylic acids is 1. The van der Waals surface area contributed by atoms with Crippen LogP contribution >= 0.6 is 0 Å². The zero-order chi connectivity index (χ0) is 16.5. The highest BCUT2D eigenvalue weighted by Gasteiger charge is 2.33. The minimum atomic E-state index is -4.79. The monoisotopic (exact) mass is 324 g/mol. The Morgan fingerprint density at radius 1 is 1.18 bits per heavy atom. The molecule has 0 fully saturated rings. The number of nitrogens with one attached hydrogen (secondary N) is 1. The Kier molecular flexibility index (Phi) is 3.81. The highest BCUT2D eigenvalue weighted by molar-refractivity contribution is 6.03. The van der Waals surface area contributed by atoms with Crippen LogP contribution in [0, 0.1) is 0 Å². The summed E-state index contributed by atoms with van der Waals surface area (Å²) < 4.78 is 73.9. The predicted molar refractivity (Wildman–Crippen MR) is 60.7 cm³/mol. The summed E-state index contributed by atoms with van der Waals surface area (Å²) in [6.45, 7) is 0. The van der Waals surface area contributed by atoms with Crippen LogP contribution in [0.3, 0.4) is 0 Å². The number of amides is 1. The van der Waals surface area contributed by atoms with Crippen molar-refractivity contribution in [1.82, 2.24) is 14.8 Å². The predicted octanol–water partition coefficient (Wildman–Crippen LogP) is 3.03.